The molecule has 0 amide bonds. The molecule has 1 heteroatoms. The maximum atomic E-state index is 2.74. The molecule has 0 saturated heterocycles. The first-order chi connectivity index (χ1) is 11.2. The van der Waals surface area contributed by atoms with Crippen LogP contribution in [0, 0.1) is 17.8 Å². The van der Waals surface area contributed by atoms with Gasteiger partial charge in [-0.1, -0.05) is 43.6 Å². The van der Waals surface area contributed by atoms with E-state index in [0.717, 1.165) is 23.8 Å². The number of fused-ring (bicyclic) bond motifs is 6. The van der Waals surface area contributed by atoms with Gasteiger partial charge < -0.3 is 4.90 Å². The quantitative estimate of drug-likeness (QED) is 0.567. The summed E-state index contributed by atoms with van der Waals surface area (Å²) in [5, 5.41) is 0. The van der Waals surface area contributed by atoms with Crippen molar-refractivity contribution in [3.05, 3.63) is 23.3 Å². The summed E-state index contributed by atoms with van der Waals surface area (Å²) < 4.78 is 0. The Morgan fingerprint density at radius 3 is 2.74 bits per heavy atom. The second kappa shape index (κ2) is 8.01. The number of hydrogen-bond acceptors (Lipinski definition) is 1. The van der Waals surface area contributed by atoms with Gasteiger partial charge in [0, 0.05) is 6.04 Å². The van der Waals surface area contributed by atoms with Gasteiger partial charge in [-0.25, -0.2) is 0 Å². The number of hydrogen-bond donors (Lipinski definition) is 0. The zero-order valence-corrected chi connectivity index (χ0v) is 15.7. The second-order valence-corrected chi connectivity index (χ2v) is 8.48. The van der Waals surface area contributed by atoms with Crippen molar-refractivity contribution in [3.63, 3.8) is 0 Å². The molecule has 4 atom stereocenters. The van der Waals surface area contributed by atoms with Gasteiger partial charge >= 0.3 is 0 Å². The van der Waals surface area contributed by atoms with E-state index >= 15 is 0 Å². The highest BCUT2D eigenvalue weighted by Gasteiger charge is 2.36. The molecule has 1 nitrogen and oxygen atoms in total. The Labute approximate surface area is 144 Å². The van der Waals surface area contributed by atoms with E-state index in [1.165, 1.54) is 70.8 Å². The molecule has 0 aromatic heterocycles. The van der Waals surface area contributed by atoms with Crippen molar-refractivity contribution < 1.29 is 0 Å². The standard InChI is InChI=1S/C22H37N/c1-4-17(2)20-11-6-5-10-19-15-18-9-7-8-14-23(3)22(13-12-18)21(20)16-19/h9-10,17,20-22H,4-8,11-16H2,1-3H3/b18-9?,19-10-. The van der Waals surface area contributed by atoms with E-state index in [-0.39, 0.29) is 0 Å². The minimum Gasteiger partial charge on any atom is -0.303 e. The van der Waals surface area contributed by atoms with Crippen LogP contribution in [0.1, 0.15) is 78.1 Å². The fourth-order valence-electron chi connectivity index (χ4n) is 5.45. The number of nitrogens with zero attached hydrogens (tertiary/aromatic N) is 1. The van der Waals surface area contributed by atoms with Crippen LogP contribution < -0.4 is 0 Å². The van der Waals surface area contributed by atoms with Gasteiger partial charge in [0.15, 0.2) is 0 Å². The molecule has 3 rings (SSSR count). The lowest BCUT2D eigenvalue weighted by molar-refractivity contribution is 0.0850. The minimum absolute atomic E-state index is 0.803. The highest BCUT2D eigenvalue weighted by molar-refractivity contribution is 5.20. The Balaban J connectivity index is 1.95. The van der Waals surface area contributed by atoms with Crippen LogP contribution in [0.15, 0.2) is 23.3 Å². The Morgan fingerprint density at radius 1 is 1.13 bits per heavy atom. The van der Waals surface area contributed by atoms with Crippen LogP contribution in [0.25, 0.3) is 0 Å². The van der Waals surface area contributed by atoms with Gasteiger partial charge in [-0.3, -0.25) is 0 Å². The summed E-state index contributed by atoms with van der Waals surface area (Å²) in [6, 6.07) is 0.803. The normalized spacial score (nSPS) is 36.9. The van der Waals surface area contributed by atoms with Gasteiger partial charge in [-0.15, -0.1) is 0 Å². The van der Waals surface area contributed by atoms with Gasteiger partial charge in [0.05, 0.1) is 0 Å². The summed E-state index contributed by atoms with van der Waals surface area (Å²) in [7, 11) is 2.41. The van der Waals surface area contributed by atoms with E-state index in [1.54, 1.807) is 11.1 Å². The average molecular weight is 316 g/mol. The van der Waals surface area contributed by atoms with Crippen molar-refractivity contribution in [3.8, 4) is 0 Å². The lowest BCUT2D eigenvalue weighted by Gasteiger charge is -2.43. The van der Waals surface area contributed by atoms with Crippen molar-refractivity contribution in [2.24, 2.45) is 17.8 Å². The molecule has 0 N–H and O–H groups in total. The highest BCUT2D eigenvalue weighted by Crippen LogP contribution is 2.43. The molecule has 0 aromatic carbocycles. The van der Waals surface area contributed by atoms with Gasteiger partial charge in [0.25, 0.3) is 0 Å². The molecule has 4 unspecified atom stereocenters. The van der Waals surface area contributed by atoms with E-state index < -0.39 is 0 Å². The molecule has 23 heavy (non-hydrogen) atoms. The molecule has 1 saturated carbocycles. The summed E-state index contributed by atoms with van der Waals surface area (Å²) in [5.41, 5.74) is 3.52. The summed E-state index contributed by atoms with van der Waals surface area (Å²) in [6.45, 7) is 6.21. The second-order valence-electron chi connectivity index (χ2n) is 8.48. The first kappa shape index (κ1) is 17.3. The van der Waals surface area contributed by atoms with Crippen molar-refractivity contribution in [1.29, 1.82) is 0 Å². The van der Waals surface area contributed by atoms with Crippen molar-refractivity contribution >= 4 is 0 Å². The smallest absolute Gasteiger partial charge is 0.0129 e. The lowest BCUT2D eigenvalue weighted by atomic mass is 9.68. The van der Waals surface area contributed by atoms with Crippen LogP contribution in [0.5, 0.6) is 0 Å². The maximum Gasteiger partial charge on any atom is 0.0129 e. The summed E-state index contributed by atoms with van der Waals surface area (Å²) in [5.74, 6) is 2.71. The summed E-state index contributed by atoms with van der Waals surface area (Å²) in [6.07, 6.45) is 18.8. The Hall–Kier alpha value is -0.560. The molecule has 1 fully saturated rings. The van der Waals surface area contributed by atoms with Crippen LogP contribution in [-0.4, -0.2) is 24.5 Å². The maximum absolute atomic E-state index is 2.74. The van der Waals surface area contributed by atoms with Crippen LogP contribution >= 0.6 is 0 Å². The molecule has 1 aliphatic heterocycles. The van der Waals surface area contributed by atoms with Gasteiger partial charge in [-0.2, -0.15) is 0 Å². The number of allylic oxidation sites excluding steroid dienone is 4. The summed E-state index contributed by atoms with van der Waals surface area (Å²) in [4.78, 5) is 2.74. The van der Waals surface area contributed by atoms with Crippen molar-refractivity contribution in [1.82, 2.24) is 4.90 Å². The van der Waals surface area contributed by atoms with E-state index in [2.05, 4.69) is 37.9 Å². The predicted molar refractivity (Wildman–Crippen MR) is 101 cm³/mol. The van der Waals surface area contributed by atoms with Gasteiger partial charge in [0.1, 0.15) is 0 Å². The van der Waals surface area contributed by atoms with Crippen LogP contribution in [0.3, 0.4) is 0 Å². The first-order valence-electron chi connectivity index (χ1n) is 10.2. The molecule has 0 spiro atoms. The fraction of sp³-hybridized carbons (Fsp3) is 0.818. The molecule has 130 valence electrons. The topological polar surface area (TPSA) is 3.24 Å². The van der Waals surface area contributed by atoms with Crippen LogP contribution in [0.4, 0.5) is 0 Å². The van der Waals surface area contributed by atoms with E-state index in [0.29, 0.717) is 0 Å². The Bertz CT molecular complexity index is 447. The van der Waals surface area contributed by atoms with Crippen LogP contribution in [-0.2, 0) is 0 Å². The van der Waals surface area contributed by atoms with E-state index in [9.17, 15) is 0 Å². The zero-order valence-electron chi connectivity index (χ0n) is 15.7. The monoisotopic (exact) mass is 315 g/mol. The molecule has 2 aliphatic carbocycles. The molecular weight excluding hydrogens is 278 g/mol. The minimum atomic E-state index is 0.803. The molecule has 1 heterocycles. The predicted octanol–water partition coefficient (Wildman–Crippen LogP) is 5.97. The zero-order chi connectivity index (χ0) is 16.2. The first-order valence-corrected chi connectivity index (χ1v) is 10.2. The third-order valence-corrected chi connectivity index (χ3v) is 7.02. The SMILES string of the molecule is CCC(C)C1CCC/C=C2/CC3=CCCCN(C)C(CC3)C1C2. The Kier molecular flexibility index (Phi) is 6.01. The van der Waals surface area contributed by atoms with E-state index in [1.807, 2.05) is 0 Å². The molecule has 3 aliphatic rings. The van der Waals surface area contributed by atoms with E-state index in [4.69, 9.17) is 0 Å². The third kappa shape index (κ3) is 4.10. The van der Waals surface area contributed by atoms with Gasteiger partial charge in [-0.05, 0) is 89.1 Å². The largest absolute Gasteiger partial charge is 0.303 e. The number of rotatable bonds is 2. The fourth-order valence-corrected chi connectivity index (χ4v) is 5.45. The van der Waals surface area contributed by atoms with Crippen LogP contribution in [0.2, 0.25) is 0 Å². The molecule has 4 bridgehead atoms. The molecular formula is C22H37N. The van der Waals surface area contributed by atoms with Crippen molar-refractivity contribution in [2.45, 2.75) is 84.1 Å². The molecule has 0 radical (unpaired) electrons. The summed E-state index contributed by atoms with van der Waals surface area (Å²) >= 11 is 0. The highest BCUT2D eigenvalue weighted by atomic mass is 15.1. The average Bonchev–Trinajstić information content (AvgIpc) is 2.57. The Morgan fingerprint density at radius 2 is 1.91 bits per heavy atom. The van der Waals surface area contributed by atoms with Gasteiger partial charge in [0.2, 0.25) is 0 Å². The third-order valence-electron chi connectivity index (χ3n) is 7.02. The molecule has 0 aromatic rings. The van der Waals surface area contributed by atoms with Crippen molar-refractivity contribution in [2.75, 3.05) is 13.6 Å². The lowest BCUT2D eigenvalue weighted by Crippen LogP contribution is -2.44.